The number of nitrogens with zero attached hydrogens (tertiary/aromatic N) is 1. The Morgan fingerprint density at radius 1 is 1.06 bits per heavy atom. The van der Waals surface area contributed by atoms with Gasteiger partial charge in [0.1, 0.15) is 6.04 Å². The molecule has 0 aromatic heterocycles. The summed E-state index contributed by atoms with van der Waals surface area (Å²) in [6, 6.07) is 12.9. The molecule has 4 nitrogen and oxygen atoms in total. The highest BCUT2D eigenvalue weighted by Gasteiger charge is 2.26. The van der Waals surface area contributed by atoms with E-state index >= 15 is 0 Å². The maximum atomic E-state index is 13.2. The second-order valence-corrected chi connectivity index (χ2v) is 9.62. The molecule has 6 heteroatoms. The lowest BCUT2D eigenvalue weighted by atomic mass is 9.86. The fourth-order valence-corrected chi connectivity index (χ4v) is 3.77. The van der Waals surface area contributed by atoms with Gasteiger partial charge in [0, 0.05) is 29.6 Å². The second kappa shape index (κ2) is 11.0. The predicted octanol–water partition coefficient (Wildman–Crippen LogP) is 5.78. The average molecular weight is 463 g/mol. The Balaban J connectivity index is 2.16. The minimum Gasteiger partial charge on any atom is -0.355 e. The summed E-state index contributed by atoms with van der Waals surface area (Å²) in [5, 5.41) is 3.80. The zero-order chi connectivity index (χ0) is 23.2. The maximum Gasteiger partial charge on any atom is 0.242 e. The van der Waals surface area contributed by atoms with Gasteiger partial charge in [0.05, 0.1) is 0 Å². The Morgan fingerprint density at radius 2 is 1.71 bits per heavy atom. The van der Waals surface area contributed by atoms with Crippen molar-refractivity contribution >= 4 is 35.0 Å². The first-order valence-electron chi connectivity index (χ1n) is 10.6. The van der Waals surface area contributed by atoms with Gasteiger partial charge in [-0.25, -0.2) is 0 Å². The zero-order valence-corrected chi connectivity index (χ0v) is 20.5. The smallest absolute Gasteiger partial charge is 0.242 e. The van der Waals surface area contributed by atoms with E-state index in [4.69, 9.17) is 23.2 Å². The normalized spacial score (nSPS) is 12.4. The number of carbonyl (C=O) groups is 2. The Labute approximate surface area is 195 Å². The molecule has 0 radical (unpaired) electrons. The van der Waals surface area contributed by atoms with E-state index in [9.17, 15) is 9.59 Å². The van der Waals surface area contributed by atoms with Crippen LogP contribution < -0.4 is 5.32 Å². The van der Waals surface area contributed by atoms with Crippen LogP contribution in [0.5, 0.6) is 0 Å². The number of hydrogen-bond acceptors (Lipinski definition) is 2. The molecule has 168 valence electrons. The topological polar surface area (TPSA) is 49.4 Å². The van der Waals surface area contributed by atoms with Crippen molar-refractivity contribution in [2.75, 3.05) is 6.54 Å². The highest BCUT2D eigenvalue weighted by Crippen LogP contribution is 2.25. The Morgan fingerprint density at radius 3 is 2.26 bits per heavy atom. The third kappa shape index (κ3) is 7.26. The van der Waals surface area contributed by atoms with Crippen LogP contribution in [0.3, 0.4) is 0 Å². The number of aryl methyl sites for hydroxylation is 1. The summed E-state index contributed by atoms with van der Waals surface area (Å²) in [6.45, 7) is 10.9. The van der Waals surface area contributed by atoms with E-state index in [1.165, 1.54) is 5.56 Å². The molecule has 0 aliphatic heterocycles. The summed E-state index contributed by atoms with van der Waals surface area (Å²) in [5.41, 5.74) is 3.19. The molecule has 1 N–H and O–H groups in total. The third-order valence-electron chi connectivity index (χ3n) is 5.32. The molecule has 1 atom stereocenters. The number of carbonyl (C=O) groups excluding carboxylic acids is 2. The molecule has 0 bridgehead atoms. The van der Waals surface area contributed by atoms with Gasteiger partial charge in [-0.15, -0.1) is 0 Å². The summed E-state index contributed by atoms with van der Waals surface area (Å²) in [6.07, 6.45) is 0.917. The van der Waals surface area contributed by atoms with E-state index in [0.717, 1.165) is 11.1 Å². The van der Waals surface area contributed by atoms with Gasteiger partial charge < -0.3 is 10.2 Å². The molecule has 2 amide bonds. The lowest BCUT2D eigenvalue weighted by molar-refractivity contribution is -0.140. The van der Waals surface area contributed by atoms with Gasteiger partial charge in [0.2, 0.25) is 11.8 Å². The van der Waals surface area contributed by atoms with Crippen molar-refractivity contribution in [3.05, 3.63) is 69.2 Å². The lowest BCUT2D eigenvalue weighted by Gasteiger charge is -2.29. The Kier molecular flexibility index (Phi) is 8.96. The van der Waals surface area contributed by atoms with Gasteiger partial charge in [-0.1, -0.05) is 74.3 Å². The van der Waals surface area contributed by atoms with Crippen LogP contribution >= 0.6 is 23.2 Å². The summed E-state index contributed by atoms with van der Waals surface area (Å²) < 4.78 is 0. The molecule has 0 aliphatic rings. The Bertz CT molecular complexity index is 905. The third-order valence-corrected chi connectivity index (χ3v) is 5.91. The minimum atomic E-state index is -0.609. The zero-order valence-electron chi connectivity index (χ0n) is 19.0. The summed E-state index contributed by atoms with van der Waals surface area (Å²) in [7, 11) is 0. The first kappa shape index (κ1) is 25.2. The standard InChI is InChI=1S/C25H32Cl2N2O2/c1-6-28-24(31)17(2)29(16-19-10-13-21(26)15-22(19)27)23(30)14-9-18-7-11-20(12-8-18)25(3,4)5/h7-8,10-13,15,17H,6,9,14,16H2,1-5H3,(H,28,31)/t17-/m0/s1. The number of likely N-dealkylation sites (N-methyl/N-ethyl adjacent to an activating group) is 1. The molecule has 0 saturated carbocycles. The van der Waals surface area contributed by atoms with Crippen molar-refractivity contribution < 1.29 is 9.59 Å². The van der Waals surface area contributed by atoms with Gasteiger partial charge in [-0.05, 0) is 54.5 Å². The highest BCUT2D eigenvalue weighted by atomic mass is 35.5. The average Bonchev–Trinajstić information content (AvgIpc) is 2.71. The van der Waals surface area contributed by atoms with Gasteiger partial charge in [0.15, 0.2) is 0 Å². The number of hydrogen-bond donors (Lipinski definition) is 1. The first-order chi connectivity index (χ1) is 14.5. The minimum absolute atomic E-state index is 0.0884. The van der Waals surface area contributed by atoms with E-state index in [0.29, 0.717) is 29.4 Å². The van der Waals surface area contributed by atoms with Crippen LogP contribution in [-0.4, -0.2) is 29.3 Å². The van der Waals surface area contributed by atoms with Crippen molar-refractivity contribution in [1.82, 2.24) is 10.2 Å². The monoisotopic (exact) mass is 462 g/mol. The summed E-state index contributed by atoms with van der Waals surface area (Å²) >= 11 is 12.3. The van der Waals surface area contributed by atoms with Crippen LogP contribution in [0.2, 0.25) is 10.0 Å². The van der Waals surface area contributed by atoms with E-state index in [1.807, 2.05) is 6.92 Å². The fourth-order valence-electron chi connectivity index (χ4n) is 3.30. The molecule has 0 aliphatic carbocycles. The number of amides is 2. The molecule has 0 unspecified atom stereocenters. The van der Waals surface area contributed by atoms with Crippen LogP contribution in [0.25, 0.3) is 0 Å². The van der Waals surface area contributed by atoms with Crippen LogP contribution in [0.1, 0.15) is 57.7 Å². The largest absolute Gasteiger partial charge is 0.355 e. The van der Waals surface area contributed by atoms with Crippen LogP contribution in [0.4, 0.5) is 0 Å². The van der Waals surface area contributed by atoms with Crippen LogP contribution in [0.15, 0.2) is 42.5 Å². The number of benzene rings is 2. The van der Waals surface area contributed by atoms with Gasteiger partial charge in [-0.3, -0.25) is 9.59 Å². The van der Waals surface area contributed by atoms with E-state index in [-0.39, 0.29) is 23.8 Å². The molecule has 0 saturated heterocycles. The maximum absolute atomic E-state index is 13.2. The van der Waals surface area contributed by atoms with E-state index < -0.39 is 6.04 Å². The predicted molar refractivity (Wildman–Crippen MR) is 129 cm³/mol. The molecule has 2 aromatic carbocycles. The van der Waals surface area contributed by atoms with Crippen molar-refractivity contribution in [1.29, 1.82) is 0 Å². The van der Waals surface area contributed by atoms with Crippen LogP contribution in [-0.2, 0) is 28.0 Å². The van der Waals surface area contributed by atoms with Crippen molar-refractivity contribution in [2.45, 2.75) is 65.5 Å². The van der Waals surface area contributed by atoms with E-state index in [2.05, 4.69) is 50.4 Å². The molecular formula is C25H32Cl2N2O2. The molecular weight excluding hydrogens is 431 g/mol. The van der Waals surface area contributed by atoms with Crippen molar-refractivity contribution in [3.8, 4) is 0 Å². The van der Waals surface area contributed by atoms with E-state index in [1.54, 1.807) is 30.0 Å². The fraction of sp³-hybridized carbons (Fsp3) is 0.440. The SMILES string of the molecule is CCNC(=O)[C@H](C)N(Cc1ccc(Cl)cc1Cl)C(=O)CCc1ccc(C(C)(C)C)cc1. The van der Waals surface area contributed by atoms with Crippen LogP contribution in [0, 0.1) is 0 Å². The quantitative estimate of drug-likeness (QED) is 0.540. The van der Waals surface area contributed by atoms with Crippen molar-refractivity contribution in [3.63, 3.8) is 0 Å². The molecule has 31 heavy (non-hydrogen) atoms. The number of rotatable bonds is 8. The highest BCUT2D eigenvalue weighted by molar-refractivity contribution is 6.35. The van der Waals surface area contributed by atoms with Crippen molar-refractivity contribution in [2.24, 2.45) is 0 Å². The van der Waals surface area contributed by atoms with Gasteiger partial charge >= 0.3 is 0 Å². The summed E-state index contributed by atoms with van der Waals surface area (Å²) in [4.78, 5) is 27.2. The number of halogens is 2. The lowest BCUT2D eigenvalue weighted by Crippen LogP contribution is -2.47. The second-order valence-electron chi connectivity index (χ2n) is 8.77. The Hall–Kier alpha value is -2.04. The number of nitrogens with one attached hydrogen (secondary N) is 1. The van der Waals surface area contributed by atoms with Gasteiger partial charge in [-0.2, -0.15) is 0 Å². The van der Waals surface area contributed by atoms with Gasteiger partial charge in [0.25, 0.3) is 0 Å². The molecule has 2 aromatic rings. The molecule has 0 fully saturated rings. The first-order valence-corrected chi connectivity index (χ1v) is 11.4. The molecule has 2 rings (SSSR count). The molecule has 0 heterocycles. The summed E-state index contributed by atoms with van der Waals surface area (Å²) in [5.74, 6) is -0.278. The molecule has 0 spiro atoms.